The van der Waals surface area contributed by atoms with Crippen LogP contribution in [0.4, 0.5) is 13.2 Å². The number of allylic oxidation sites excluding steroid dienone is 1. The molecule has 0 N–H and O–H groups in total. The van der Waals surface area contributed by atoms with Crippen LogP contribution in [0.2, 0.25) is 0 Å². The Labute approximate surface area is 104 Å². The minimum Gasteiger partial charge on any atom is -0.192 e. The number of hydrogen-bond acceptors (Lipinski definition) is 2. The zero-order valence-electron chi connectivity index (χ0n) is 8.22. The fraction of sp³-hybridized carbons (Fsp3) is 0.0909. The maximum absolute atomic E-state index is 12.6. The van der Waals surface area contributed by atoms with Crippen LogP contribution in [0.15, 0.2) is 28.2 Å². The number of benzene rings is 1. The van der Waals surface area contributed by atoms with Crippen molar-refractivity contribution >= 4 is 22.0 Å². The Kier molecular flexibility index (Phi) is 3.93. The first-order chi connectivity index (χ1) is 7.88. The van der Waals surface area contributed by atoms with E-state index in [9.17, 15) is 13.2 Å². The monoisotopic (exact) mass is 300 g/mol. The average Bonchev–Trinajstić information content (AvgIpc) is 2.24. The number of halogens is 4. The maximum Gasteiger partial charge on any atom is 0.416 e. The fourth-order valence-corrected chi connectivity index (χ4v) is 1.54. The van der Waals surface area contributed by atoms with Crippen molar-refractivity contribution in [1.29, 1.82) is 10.5 Å². The van der Waals surface area contributed by atoms with Gasteiger partial charge in [0.25, 0.3) is 0 Å². The van der Waals surface area contributed by atoms with E-state index in [1.54, 1.807) is 0 Å². The van der Waals surface area contributed by atoms with E-state index in [1.165, 1.54) is 24.3 Å². The lowest BCUT2D eigenvalue weighted by atomic mass is 10.0. The second-order valence-electron chi connectivity index (χ2n) is 3.01. The van der Waals surface area contributed by atoms with Crippen LogP contribution in [-0.4, -0.2) is 0 Å². The summed E-state index contributed by atoms with van der Waals surface area (Å²) in [5.41, 5.74) is -1.48. The van der Waals surface area contributed by atoms with Crippen LogP contribution in [0.1, 0.15) is 11.1 Å². The largest absolute Gasteiger partial charge is 0.416 e. The Bertz CT molecular complexity index is 531. The highest BCUT2D eigenvalue weighted by molar-refractivity contribution is 9.10. The molecule has 0 saturated heterocycles. The van der Waals surface area contributed by atoms with E-state index in [-0.39, 0.29) is 11.1 Å². The van der Waals surface area contributed by atoms with E-state index in [0.29, 0.717) is 4.47 Å². The average molecular weight is 301 g/mol. The van der Waals surface area contributed by atoms with Crippen LogP contribution < -0.4 is 0 Å². The minimum absolute atomic E-state index is 0.218. The van der Waals surface area contributed by atoms with Gasteiger partial charge in [0.15, 0.2) is 0 Å². The van der Waals surface area contributed by atoms with Crippen molar-refractivity contribution in [2.24, 2.45) is 0 Å². The molecule has 0 unspecified atom stereocenters. The predicted octanol–water partition coefficient (Wildman–Crippen LogP) is 3.90. The molecule has 86 valence electrons. The van der Waals surface area contributed by atoms with Crippen molar-refractivity contribution in [2.45, 2.75) is 6.18 Å². The molecule has 0 aliphatic rings. The molecule has 1 aromatic carbocycles. The highest BCUT2D eigenvalue weighted by Crippen LogP contribution is 2.34. The third kappa shape index (κ3) is 3.33. The second kappa shape index (κ2) is 5.03. The first-order valence-electron chi connectivity index (χ1n) is 4.27. The summed E-state index contributed by atoms with van der Waals surface area (Å²) in [6.07, 6.45) is -3.61. The SMILES string of the molecule is N#CC(C#N)=Cc1cc(Br)ccc1C(F)(F)F. The van der Waals surface area contributed by atoms with E-state index in [1.807, 2.05) is 0 Å². The lowest BCUT2D eigenvalue weighted by Crippen LogP contribution is -2.07. The lowest BCUT2D eigenvalue weighted by Gasteiger charge is -2.10. The summed E-state index contributed by atoms with van der Waals surface area (Å²) in [5.74, 6) is 0. The van der Waals surface area contributed by atoms with Crippen LogP contribution in [0.25, 0.3) is 6.08 Å². The van der Waals surface area contributed by atoms with E-state index in [0.717, 1.165) is 12.1 Å². The summed E-state index contributed by atoms with van der Waals surface area (Å²) >= 11 is 3.03. The summed E-state index contributed by atoms with van der Waals surface area (Å²) in [5, 5.41) is 17.0. The molecule has 0 aromatic heterocycles. The highest BCUT2D eigenvalue weighted by Gasteiger charge is 2.32. The van der Waals surface area contributed by atoms with Gasteiger partial charge in [-0.3, -0.25) is 0 Å². The first-order valence-corrected chi connectivity index (χ1v) is 5.06. The minimum atomic E-state index is -4.53. The number of nitrogens with zero attached hydrogens (tertiary/aromatic N) is 2. The maximum atomic E-state index is 12.6. The van der Waals surface area contributed by atoms with Gasteiger partial charge in [-0.2, -0.15) is 23.7 Å². The molecule has 17 heavy (non-hydrogen) atoms. The van der Waals surface area contributed by atoms with E-state index in [2.05, 4.69) is 15.9 Å². The third-order valence-corrected chi connectivity index (χ3v) is 2.35. The molecule has 6 heteroatoms. The molecule has 0 saturated carbocycles. The lowest BCUT2D eigenvalue weighted by molar-refractivity contribution is -0.137. The molecule has 0 heterocycles. The van der Waals surface area contributed by atoms with Gasteiger partial charge < -0.3 is 0 Å². The molecule has 0 aliphatic carbocycles. The summed E-state index contributed by atoms with van der Waals surface area (Å²) in [6.45, 7) is 0. The molecule has 0 radical (unpaired) electrons. The van der Waals surface area contributed by atoms with Gasteiger partial charge >= 0.3 is 6.18 Å². The van der Waals surface area contributed by atoms with E-state index in [4.69, 9.17) is 10.5 Å². The summed E-state index contributed by atoms with van der Waals surface area (Å²) < 4.78 is 38.3. The second-order valence-corrected chi connectivity index (χ2v) is 3.93. The van der Waals surface area contributed by atoms with Gasteiger partial charge in [0.2, 0.25) is 0 Å². The zero-order chi connectivity index (χ0) is 13.1. The molecular formula is C11H4BrF3N2. The highest BCUT2D eigenvalue weighted by atomic mass is 79.9. The quantitative estimate of drug-likeness (QED) is 0.739. The van der Waals surface area contributed by atoms with E-state index >= 15 is 0 Å². The van der Waals surface area contributed by atoms with Crippen molar-refractivity contribution < 1.29 is 13.2 Å². The summed E-state index contributed by atoms with van der Waals surface area (Å²) in [4.78, 5) is 0. The molecular weight excluding hydrogens is 297 g/mol. The van der Waals surface area contributed by atoms with E-state index < -0.39 is 11.7 Å². The molecule has 0 aliphatic heterocycles. The number of alkyl halides is 3. The number of hydrogen-bond donors (Lipinski definition) is 0. The summed E-state index contributed by atoms with van der Waals surface area (Å²) in [6, 6.07) is 6.38. The molecule has 2 nitrogen and oxygen atoms in total. The smallest absolute Gasteiger partial charge is 0.192 e. The Morgan fingerprint density at radius 2 is 1.82 bits per heavy atom. The molecule has 0 amide bonds. The predicted molar refractivity (Wildman–Crippen MR) is 58.3 cm³/mol. The molecule has 1 aromatic rings. The normalized spacial score (nSPS) is 10.2. The Balaban J connectivity index is 3.43. The topological polar surface area (TPSA) is 47.6 Å². The van der Waals surface area contributed by atoms with Crippen LogP contribution in [0.5, 0.6) is 0 Å². The van der Waals surface area contributed by atoms with Gasteiger partial charge in [0.05, 0.1) is 5.56 Å². The first kappa shape index (κ1) is 13.3. The van der Waals surface area contributed by atoms with Crippen LogP contribution in [0, 0.1) is 22.7 Å². The van der Waals surface area contributed by atoms with Gasteiger partial charge in [-0.05, 0) is 29.8 Å². The van der Waals surface area contributed by atoms with Crippen molar-refractivity contribution in [3.63, 3.8) is 0 Å². The van der Waals surface area contributed by atoms with Gasteiger partial charge in [-0.25, -0.2) is 0 Å². The molecule has 0 spiro atoms. The van der Waals surface area contributed by atoms with Crippen LogP contribution in [-0.2, 0) is 6.18 Å². The molecule has 0 fully saturated rings. The van der Waals surface area contributed by atoms with Crippen LogP contribution >= 0.6 is 15.9 Å². The van der Waals surface area contributed by atoms with Gasteiger partial charge in [-0.1, -0.05) is 15.9 Å². The Hall–Kier alpha value is -1.79. The zero-order valence-corrected chi connectivity index (χ0v) is 9.80. The van der Waals surface area contributed by atoms with Gasteiger partial charge in [0, 0.05) is 4.47 Å². The van der Waals surface area contributed by atoms with Crippen molar-refractivity contribution in [2.75, 3.05) is 0 Å². The standard InChI is InChI=1S/C11H4BrF3N2/c12-9-1-2-10(11(13,14)15)8(4-9)3-7(5-16)6-17/h1-4H. The molecule has 0 atom stereocenters. The fourth-order valence-electron chi connectivity index (χ4n) is 1.16. The van der Waals surface area contributed by atoms with Crippen LogP contribution in [0.3, 0.4) is 0 Å². The van der Waals surface area contributed by atoms with Gasteiger partial charge in [-0.15, -0.1) is 0 Å². The van der Waals surface area contributed by atoms with Gasteiger partial charge in [0.1, 0.15) is 17.7 Å². The number of nitriles is 2. The summed E-state index contributed by atoms with van der Waals surface area (Å²) in [7, 11) is 0. The molecule has 0 bridgehead atoms. The van der Waals surface area contributed by atoms with Crippen molar-refractivity contribution in [1.82, 2.24) is 0 Å². The Morgan fingerprint density at radius 3 is 2.29 bits per heavy atom. The third-order valence-electron chi connectivity index (χ3n) is 1.86. The Morgan fingerprint density at radius 1 is 1.24 bits per heavy atom. The molecule has 1 rings (SSSR count). The number of rotatable bonds is 1. The van der Waals surface area contributed by atoms with Crippen molar-refractivity contribution in [3.8, 4) is 12.1 Å². The van der Waals surface area contributed by atoms with Crippen molar-refractivity contribution in [3.05, 3.63) is 39.4 Å².